The molecule has 1 aliphatic carbocycles. The highest BCUT2D eigenvalue weighted by molar-refractivity contribution is 6.30. The molecule has 2 amide bonds. The highest BCUT2D eigenvalue weighted by Crippen LogP contribution is 2.60. The molecule has 2 aliphatic rings. The van der Waals surface area contributed by atoms with Gasteiger partial charge in [0.1, 0.15) is 0 Å². The van der Waals surface area contributed by atoms with Gasteiger partial charge in [-0.05, 0) is 42.2 Å². The van der Waals surface area contributed by atoms with E-state index in [9.17, 15) is 9.59 Å². The van der Waals surface area contributed by atoms with Gasteiger partial charge in [-0.3, -0.25) is 14.6 Å². The first kappa shape index (κ1) is 18.9. The summed E-state index contributed by atoms with van der Waals surface area (Å²) in [5.41, 5.74) is 2.19. The number of nitrogens with one attached hydrogen (secondary N) is 1. The predicted octanol–water partition coefficient (Wildman–Crippen LogP) is 4.06. The number of pyridine rings is 1. The van der Waals surface area contributed by atoms with E-state index in [4.69, 9.17) is 11.6 Å². The summed E-state index contributed by atoms with van der Waals surface area (Å²) in [5.74, 6) is -0.101. The second-order valence-corrected chi connectivity index (χ2v) is 8.37. The number of nitrogens with zero attached hydrogens (tertiary/aromatic N) is 2. The number of amides is 2. The number of benzene rings is 1. The third-order valence-corrected chi connectivity index (χ3v) is 6.33. The van der Waals surface area contributed by atoms with Crippen molar-refractivity contribution in [1.29, 1.82) is 0 Å². The van der Waals surface area contributed by atoms with Gasteiger partial charge >= 0.3 is 0 Å². The molecule has 1 N–H and O–H groups in total. The summed E-state index contributed by atoms with van der Waals surface area (Å²) >= 11 is 5.98. The minimum absolute atomic E-state index is 0.0556. The Balaban J connectivity index is 1.53. The highest BCUT2D eigenvalue weighted by atomic mass is 35.5. The topological polar surface area (TPSA) is 62.3 Å². The number of hydrogen-bond donors (Lipinski definition) is 1. The largest absolute Gasteiger partial charge is 0.349 e. The van der Waals surface area contributed by atoms with Gasteiger partial charge in [-0.1, -0.05) is 36.2 Å². The molecule has 1 aromatic carbocycles. The van der Waals surface area contributed by atoms with Gasteiger partial charge in [-0.25, -0.2) is 0 Å². The van der Waals surface area contributed by atoms with E-state index in [-0.39, 0.29) is 35.7 Å². The van der Waals surface area contributed by atoms with E-state index in [0.29, 0.717) is 5.02 Å². The first-order chi connectivity index (χ1) is 13.5. The Morgan fingerprint density at radius 1 is 1.29 bits per heavy atom. The SMILES string of the molecule is CC(=O)NC(CC(=O)N1CC2(CCC2)C1c1cccnc1)c1ccc(Cl)cc1. The minimum Gasteiger partial charge on any atom is -0.349 e. The molecule has 2 unspecified atom stereocenters. The van der Waals surface area contributed by atoms with Crippen molar-refractivity contribution in [3.63, 3.8) is 0 Å². The number of rotatable bonds is 5. The van der Waals surface area contributed by atoms with Crippen LogP contribution in [0.2, 0.25) is 5.02 Å². The van der Waals surface area contributed by atoms with Crippen molar-refractivity contribution in [3.8, 4) is 0 Å². The zero-order chi connectivity index (χ0) is 19.7. The smallest absolute Gasteiger partial charge is 0.225 e. The van der Waals surface area contributed by atoms with Crippen molar-refractivity contribution < 1.29 is 9.59 Å². The van der Waals surface area contributed by atoms with Crippen LogP contribution in [0.3, 0.4) is 0 Å². The van der Waals surface area contributed by atoms with E-state index in [0.717, 1.165) is 30.5 Å². The highest BCUT2D eigenvalue weighted by Gasteiger charge is 2.57. The number of likely N-dealkylation sites (tertiary alicyclic amines) is 1. The fraction of sp³-hybridized carbons (Fsp3) is 0.409. The molecular weight excluding hydrogens is 374 g/mol. The lowest BCUT2D eigenvalue weighted by molar-refractivity contribution is -0.169. The first-order valence-electron chi connectivity index (χ1n) is 9.70. The summed E-state index contributed by atoms with van der Waals surface area (Å²) in [4.78, 5) is 31.1. The van der Waals surface area contributed by atoms with Crippen LogP contribution in [0.4, 0.5) is 0 Å². The third-order valence-electron chi connectivity index (χ3n) is 6.08. The molecule has 0 radical (unpaired) electrons. The molecule has 2 atom stereocenters. The van der Waals surface area contributed by atoms with Crippen LogP contribution in [-0.2, 0) is 9.59 Å². The van der Waals surface area contributed by atoms with Crippen LogP contribution >= 0.6 is 11.6 Å². The number of carbonyl (C=O) groups excluding carboxylic acids is 2. The van der Waals surface area contributed by atoms with E-state index >= 15 is 0 Å². The molecule has 1 saturated heterocycles. The molecule has 0 bridgehead atoms. The summed E-state index contributed by atoms with van der Waals surface area (Å²) in [5, 5.41) is 3.54. The minimum atomic E-state index is -0.366. The molecule has 1 saturated carbocycles. The molecular formula is C22H24ClN3O2. The fourth-order valence-electron chi connectivity index (χ4n) is 4.59. The van der Waals surface area contributed by atoms with E-state index in [2.05, 4.69) is 16.4 Å². The van der Waals surface area contributed by atoms with Crippen molar-refractivity contribution in [2.24, 2.45) is 5.41 Å². The maximum absolute atomic E-state index is 13.2. The van der Waals surface area contributed by atoms with Gasteiger partial charge in [0.15, 0.2) is 0 Å². The lowest BCUT2D eigenvalue weighted by atomic mass is 9.56. The lowest BCUT2D eigenvalue weighted by Gasteiger charge is -2.62. The molecule has 1 spiro atoms. The van der Waals surface area contributed by atoms with Crippen LogP contribution in [0.5, 0.6) is 0 Å². The van der Waals surface area contributed by atoms with Gasteiger partial charge in [0.2, 0.25) is 11.8 Å². The Hall–Kier alpha value is -2.40. The Labute approximate surface area is 170 Å². The molecule has 2 fully saturated rings. The van der Waals surface area contributed by atoms with Gasteiger partial charge in [0.05, 0.1) is 18.5 Å². The molecule has 2 heterocycles. The van der Waals surface area contributed by atoms with Crippen LogP contribution in [0, 0.1) is 5.41 Å². The van der Waals surface area contributed by atoms with Crippen molar-refractivity contribution >= 4 is 23.4 Å². The van der Waals surface area contributed by atoms with Crippen LogP contribution in [-0.4, -0.2) is 28.2 Å². The number of hydrogen-bond acceptors (Lipinski definition) is 3. The summed E-state index contributed by atoms with van der Waals surface area (Å²) in [6.07, 6.45) is 7.39. The molecule has 146 valence electrons. The second-order valence-electron chi connectivity index (χ2n) is 7.94. The third kappa shape index (κ3) is 3.51. The molecule has 1 aromatic heterocycles. The normalized spacial score (nSPS) is 20.8. The lowest BCUT2D eigenvalue weighted by Crippen LogP contribution is -2.63. The van der Waals surface area contributed by atoms with Gasteiger partial charge in [-0.2, -0.15) is 0 Å². The average Bonchev–Trinajstić information content (AvgIpc) is 2.60. The summed E-state index contributed by atoms with van der Waals surface area (Å²) in [6, 6.07) is 11.0. The van der Waals surface area contributed by atoms with E-state index in [1.54, 1.807) is 18.3 Å². The number of aromatic nitrogens is 1. The number of halogens is 1. The molecule has 2 aromatic rings. The van der Waals surface area contributed by atoms with Gasteiger partial charge < -0.3 is 10.2 Å². The Kier molecular flexibility index (Phi) is 5.11. The number of carbonyl (C=O) groups is 2. The zero-order valence-corrected chi connectivity index (χ0v) is 16.7. The molecule has 6 heteroatoms. The van der Waals surface area contributed by atoms with E-state index < -0.39 is 0 Å². The molecule has 4 rings (SSSR count). The quantitative estimate of drug-likeness (QED) is 0.827. The Morgan fingerprint density at radius 3 is 2.61 bits per heavy atom. The Morgan fingerprint density at radius 2 is 2.04 bits per heavy atom. The summed E-state index contributed by atoms with van der Waals surface area (Å²) in [7, 11) is 0. The monoisotopic (exact) mass is 397 g/mol. The average molecular weight is 398 g/mol. The van der Waals surface area contributed by atoms with Crippen LogP contribution < -0.4 is 5.32 Å². The van der Waals surface area contributed by atoms with Crippen molar-refractivity contribution in [3.05, 3.63) is 64.9 Å². The van der Waals surface area contributed by atoms with Crippen molar-refractivity contribution in [2.75, 3.05) is 6.54 Å². The van der Waals surface area contributed by atoms with E-state index in [1.807, 2.05) is 29.3 Å². The van der Waals surface area contributed by atoms with Gasteiger partial charge in [0.25, 0.3) is 0 Å². The first-order valence-corrected chi connectivity index (χ1v) is 10.1. The molecule has 1 aliphatic heterocycles. The predicted molar refractivity (Wildman–Crippen MR) is 108 cm³/mol. The molecule has 28 heavy (non-hydrogen) atoms. The zero-order valence-electron chi connectivity index (χ0n) is 15.9. The molecule has 5 nitrogen and oxygen atoms in total. The maximum atomic E-state index is 13.2. The standard InChI is InChI=1S/C22H24ClN3O2/c1-15(27)25-19(16-5-7-18(23)8-6-16)12-20(28)26-14-22(9-3-10-22)21(26)17-4-2-11-24-13-17/h2,4-8,11,13,19,21H,3,9-10,12,14H2,1H3,(H,25,27). The maximum Gasteiger partial charge on any atom is 0.225 e. The van der Waals surface area contributed by atoms with Gasteiger partial charge in [-0.15, -0.1) is 0 Å². The van der Waals surface area contributed by atoms with Crippen molar-refractivity contribution in [1.82, 2.24) is 15.2 Å². The fourth-order valence-corrected chi connectivity index (χ4v) is 4.71. The summed E-state index contributed by atoms with van der Waals surface area (Å²) < 4.78 is 0. The second kappa shape index (κ2) is 7.55. The van der Waals surface area contributed by atoms with Crippen molar-refractivity contribution in [2.45, 2.75) is 44.7 Å². The van der Waals surface area contributed by atoms with Crippen LogP contribution in [0.15, 0.2) is 48.8 Å². The Bertz CT molecular complexity index is 865. The summed E-state index contributed by atoms with van der Waals surface area (Å²) in [6.45, 7) is 2.26. The van der Waals surface area contributed by atoms with Crippen LogP contribution in [0.1, 0.15) is 55.8 Å². The van der Waals surface area contributed by atoms with Crippen LogP contribution in [0.25, 0.3) is 0 Å². The van der Waals surface area contributed by atoms with Gasteiger partial charge in [0, 0.05) is 36.3 Å². The van der Waals surface area contributed by atoms with E-state index in [1.165, 1.54) is 13.3 Å².